The SMILES string of the molecule is Cc1cc(F)cc(NC(=O)CC2(C(=O)O)CCC2)c1. The van der Waals surface area contributed by atoms with Gasteiger partial charge in [-0.15, -0.1) is 0 Å². The van der Waals surface area contributed by atoms with E-state index in [1.807, 2.05) is 0 Å². The second-order valence-corrected chi connectivity index (χ2v) is 5.18. The molecular formula is C14H16FNO3. The van der Waals surface area contributed by atoms with E-state index in [1.54, 1.807) is 13.0 Å². The number of carboxylic acid groups (broad SMARTS) is 1. The number of aliphatic carboxylic acids is 1. The van der Waals surface area contributed by atoms with Gasteiger partial charge in [-0.3, -0.25) is 9.59 Å². The molecule has 1 aromatic carbocycles. The van der Waals surface area contributed by atoms with E-state index >= 15 is 0 Å². The molecule has 0 spiro atoms. The highest BCUT2D eigenvalue weighted by Gasteiger charge is 2.45. The third kappa shape index (κ3) is 2.92. The Labute approximate surface area is 110 Å². The molecule has 2 rings (SSSR count). The Morgan fingerprint density at radius 1 is 1.37 bits per heavy atom. The van der Waals surface area contributed by atoms with Gasteiger partial charge >= 0.3 is 5.97 Å². The number of halogens is 1. The minimum Gasteiger partial charge on any atom is -0.481 e. The van der Waals surface area contributed by atoms with Crippen molar-refractivity contribution in [3.8, 4) is 0 Å². The van der Waals surface area contributed by atoms with Gasteiger partial charge in [0.15, 0.2) is 0 Å². The molecule has 5 heteroatoms. The van der Waals surface area contributed by atoms with Crippen LogP contribution in [-0.2, 0) is 9.59 Å². The van der Waals surface area contributed by atoms with Crippen LogP contribution in [0.3, 0.4) is 0 Å². The van der Waals surface area contributed by atoms with Crippen molar-refractivity contribution in [1.82, 2.24) is 0 Å². The maximum atomic E-state index is 13.2. The van der Waals surface area contributed by atoms with Gasteiger partial charge in [0.1, 0.15) is 5.82 Å². The molecule has 0 unspecified atom stereocenters. The fourth-order valence-corrected chi connectivity index (χ4v) is 2.39. The van der Waals surface area contributed by atoms with Gasteiger partial charge in [0.25, 0.3) is 0 Å². The van der Waals surface area contributed by atoms with Crippen LogP contribution in [0.4, 0.5) is 10.1 Å². The highest BCUT2D eigenvalue weighted by molar-refractivity contribution is 5.94. The summed E-state index contributed by atoms with van der Waals surface area (Å²) in [5.74, 6) is -1.73. The van der Waals surface area contributed by atoms with E-state index in [1.165, 1.54) is 12.1 Å². The van der Waals surface area contributed by atoms with E-state index in [2.05, 4.69) is 5.32 Å². The van der Waals surface area contributed by atoms with E-state index in [0.29, 0.717) is 24.1 Å². The first-order valence-electron chi connectivity index (χ1n) is 6.22. The van der Waals surface area contributed by atoms with Crippen molar-refractivity contribution in [2.24, 2.45) is 5.41 Å². The molecule has 1 aliphatic carbocycles. The molecule has 1 fully saturated rings. The summed E-state index contributed by atoms with van der Waals surface area (Å²) in [6, 6.07) is 4.23. The number of anilines is 1. The van der Waals surface area contributed by atoms with Crippen LogP contribution < -0.4 is 5.32 Å². The van der Waals surface area contributed by atoms with E-state index in [4.69, 9.17) is 5.11 Å². The molecule has 1 aliphatic rings. The molecule has 102 valence electrons. The zero-order valence-electron chi connectivity index (χ0n) is 10.7. The fourth-order valence-electron chi connectivity index (χ4n) is 2.39. The number of rotatable bonds is 4. The van der Waals surface area contributed by atoms with Crippen molar-refractivity contribution in [1.29, 1.82) is 0 Å². The highest BCUT2D eigenvalue weighted by atomic mass is 19.1. The number of aryl methyl sites for hydroxylation is 1. The third-order valence-corrected chi connectivity index (χ3v) is 3.59. The summed E-state index contributed by atoms with van der Waals surface area (Å²) < 4.78 is 13.2. The van der Waals surface area contributed by atoms with Crippen molar-refractivity contribution in [3.05, 3.63) is 29.6 Å². The number of carbonyl (C=O) groups excluding carboxylic acids is 1. The second-order valence-electron chi connectivity index (χ2n) is 5.18. The van der Waals surface area contributed by atoms with E-state index in [9.17, 15) is 14.0 Å². The Hall–Kier alpha value is -1.91. The summed E-state index contributed by atoms with van der Waals surface area (Å²) in [6.07, 6.45) is 1.83. The average Bonchev–Trinajstić information content (AvgIpc) is 2.21. The Morgan fingerprint density at radius 3 is 2.53 bits per heavy atom. The molecule has 1 aromatic rings. The second kappa shape index (κ2) is 4.99. The number of hydrogen-bond acceptors (Lipinski definition) is 2. The summed E-state index contributed by atoms with van der Waals surface area (Å²) in [7, 11) is 0. The molecule has 1 amide bonds. The highest BCUT2D eigenvalue weighted by Crippen LogP contribution is 2.44. The molecule has 0 atom stereocenters. The molecule has 0 aliphatic heterocycles. The maximum Gasteiger partial charge on any atom is 0.310 e. The zero-order chi connectivity index (χ0) is 14.0. The molecular weight excluding hydrogens is 249 g/mol. The van der Waals surface area contributed by atoms with Crippen molar-refractivity contribution in [3.63, 3.8) is 0 Å². The lowest BCUT2D eigenvalue weighted by Gasteiger charge is -2.36. The normalized spacial score (nSPS) is 16.5. The minimum atomic E-state index is -0.927. The number of hydrogen-bond donors (Lipinski definition) is 2. The smallest absolute Gasteiger partial charge is 0.310 e. The Balaban J connectivity index is 2.03. The predicted octanol–water partition coefficient (Wildman–Crippen LogP) is 2.72. The molecule has 1 saturated carbocycles. The molecule has 0 bridgehead atoms. The Kier molecular flexibility index (Phi) is 3.55. The molecule has 0 saturated heterocycles. The predicted molar refractivity (Wildman–Crippen MR) is 68.3 cm³/mol. The molecule has 0 heterocycles. The van der Waals surface area contributed by atoms with Gasteiger partial charge in [-0.05, 0) is 43.5 Å². The zero-order valence-corrected chi connectivity index (χ0v) is 10.7. The first kappa shape index (κ1) is 13.5. The van der Waals surface area contributed by atoms with Gasteiger partial charge in [0.2, 0.25) is 5.91 Å². The lowest BCUT2D eigenvalue weighted by molar-refractivity contribution is -0.157. The van der Waals surface area contributed by atoms with Gasteiger partial charge in [-0.25, -0.2) is 4.39 Å². The van der Waals surface area contributed by atoms with E-state index in [0.717, 1.165) is 6.42 Å². The van der Waals surface area contributed by atoms with Crippen LogP contribution in [0.5, 0.6) is 0 Å². The Morgan fingerprint density at radius 2 is 2.05 bits per heavy atom. The summed E-state index contributed by atoms with van der Waals surface area (Å²) in [6.45, 7) is 1.73. The number of carbonyl (C=O) groups is 2. The molecule has 0 aromatic heterocycles. The van der Waals surface area contributed by atoms with Gasteiger partial charge in [-0.1, -0.05) is 6.42 Å². The molecule has 0 radical (unpaired) electrons. The Bertz CT molecular complexity index is 503. The van der Waals surface area contributed by atoms with Crippen molar-refractivity contribution in [2.75, 3.05) is 5.32 Å². The van der Waals surface area contributed by atoms with Gasteiger partial charge < -0.3 is 10.4 Å². The largest absolute Gasteiger partial charge is 0.481 e. The summed E-state index contributed by atoms with van der Waals surface area (Å²) in [4.78, 5) is 23.0. The van der Waals surface area contributed by atoms with Gasteiger partial charge in [-0.2, -0.15) is 0 Å². The van der Waals surface area contributed by atoms with Crippen LogP contribution in [0.2, 0.25) is 0 Å². The van der Waals surface area contributed by atoms with Crippen LogP contribution in [0.1, 0.15) is 31.2 Å². The fraction of sp³-hybridized carbons (Fsp3) is 0.429. The first-order valence-corrected chi connectivity index (χ1v) is 6.22. The van der Waals surface area contributed by atoms with Crippen molar-refractivity contribution < 1.29 is 19.1 Å². The molecule has 4 nitrogen and oxygen atoms in total. The molecule has 19 heavy (non-hydrogen) atoms. The van der Waals surface area contributed by atoms with E-state index < -0.39 is 17.2 Å². The quantitative estimate of drug-likeness (QED) is 0.879. The number of amides is 1. The van der Waals surface area contributed by atoms with E-state index in [-0.39, 0.29) is 12.3 Å². The monoisotopic (exact) mass is 265 g/mol. The van der Waals surface area contributed by atoms with Crippen LogP contribution >= 0.6 is 0 Å². The summed E-state index contributed by atoms with van der Waals surface area (Å²) >= 11 is 0. The van der Waals surface area contributed by atoms with Crippen LogP contribution in [0.25, 0.3) is 0 Å². The van der Waals surface area contributed by atoms with Crippen molar-refractivity contribution >= 4 is 17.6 Å². The number of benzene rings is 1. The lowest BCUT2D eigenvalue weighted by atomic mass is 9.66. The van der Waals surface area contributed by atoms with Gasteiger partial charge in [0, 0.05) is 12.1 Å². The average molecular weight is 265 g/mol. The minimum absolute atomic E-state index is 0.0576. The molecule has 2 N–H and O–H groups in total. The maximum absolute atomic E-state index is 13.2. The van der Waals surface area contributed by atoms with Gasteiger partial charge in [0.05, 0.1) is 5.41 Å². The van der Waals surface area contributed by atoms with Crippen LogP contribution in [-0.4, -0.2) is 17.0 Å². The summed E-state index contributed by atoms with van der Waals surface area (Å²) in [5.41, 5.74) is 0.140. The van der Waals surface area contributed by atoms with Crippen LogP contribution in [0, 0.1) is 18.2 Å². The third-order valence-electron chi connectivity index (χ3n) is 3.59. The first-order chi connectivity index (χ1) is 8.91. The number of nitrogens with one attached hydrogen (secondary N) is 1. The van der Waals surface area contributed by atoms with Crippen LogP contribution in [0.15, 0.2) is 18.2 Å². The standard InChI is InChI=1S/C14H16FNO3/c1-9-5-10(15)7-11(6-9)16-12(17)8-14(13(18)19)3-2-4-14/h5-7H,2-4,8H2,1H3,(H,16,17)(H,18,19). The lowest BCUT2D eigenvalue weighted by Crippen LogP contribution is -2.41. The van der Waals surface area contributed by atoms with Crippen molar-refractivity contribution in [2.45, 2.75) is 32.6 Å². The number of carboxylic acids is 1. The topological polar surface area (TPSA) is 66.4 Å². The summed E-state index contributed by atoms with van der Waals surface area (Å²) in [5, 5.41) is 11.7.